The van der Waals surface area contributed by atoms with Gasteiger partial charge in [-0.1, -0.05) is 26.8 Å². The smallest absolute Gasteiger partial charge is 0.254 e. The number of carbonyl (C=O) groups is 2. The summed E-state index contributed by atoms with van der Waals surface area (Å²) in [6.45, 7) is 9.17. The number of nitrogens with zero attached hydrogens (tertiary/aromatic N) is 2. The zero-order valence-electron chi connectivity index (χ0n) is 18.5. The van der Waals surface area contributed by atoms with Crippen LogP contribution in [0.3, 0.4) is 0 Å². The Bertz CT molecular complexity index is 1210. The summed E-state index contributed by atoms with van der Waals surface area (Å²) in [7, 11) is 0. The van der Waals surface area contributed by atoms with E-state index in [0.29, 0.717) is 5.56 Å². The molecule has 31 heavy (non-hydrogen) atoms. The zero-order valence-corrected chi connectivity index (χ0v) is 18.5. The molecule has 1 saturated heterocycles. The minimum absolute atomic E-state index is 0.0376. The third-order valence-corrected chi connectivity index (χ3v) is 7.85. The molecule has 2 bridgehead atoms. The lowest BCUT2D eigenvalue weighted by molar-refractivity contribution is -0.114. The van der Waals surface area contributed by atoms with Gasteiger partial charge in [0.05, 0.1) is 17.4 Å². The molecule has 1 aromatic heterocycles. The molecule has 2 heterocycles. The first kappa shape index (κ1) is 19.8. The van der Waals surface area contributed by atoms with E-state index in [1.807, 2.05) is 24.3 Å². The van der Waals surface area contributed by atoms with Crippen LogP contribution < -0.4 is 5.32 Å². The highest BCUT2D eigenvalue weighted by Crippen LogP contribution is 2.56. The summed E-state index contributed by atoms with van der Waals surface area (Å²) in [5.74, 6) is -0.00779. The summed E-state index contributed by atoms with van der Waals surface area (Å²) in [6.07, 6.45) is 3.34. The predicted molar refractivity (Wildman–Crippen MR) is 121 cm³/mol. The maximum Gasteiger partial charge on any atom is 0.254 e. The van der Waals surface area contributed by atoms with E-state index in [1.165, 1.54) is 18.1 Å². The number of carbonyl (C=O) groups excluding carboxylic acids is 2. The fraction of sp³-hybridized carbons (Fsp3) is 0.400. The van der Waals surface area contributed by atoms with Gasteiger partial charge in [-0.15, -0.1) is 0 Å². The molecular weight excluding hydrogens is 388 g/mol. The molecule has 1 aliphatic carbocycles. The molecule has 0 saturated carbocycles. The van der Waals surface area contributed by atoms with E-state index in [4.69, 9.17) is 0 Å². The molecule has 6 nitrogen and oxygen atoms in total. The van der Waals surface area contributed by atoms with Crippen LogP contribution >= 0.6 is 0 Å². The molecule has 1 fully saturated rings. The van der Waals surface area contributed by atoms with E-state index in [9.17, 15) is 9.59 Å². The van der Waals surface area contributed by atoms with Gasteiger partial charge in [-0.25, -0.2) is 4.98 Å². The predicted octanol–water partition coefficient (Wildman–Crippen LogP) is 4.28. The largest absolute Gasteiger partial charge is 0.345 e. The SMILES string of the molecule is CC(=O)Nc1ccc2c(c1)CC1N(C(=O)c3ccc4nc[nH]c4c3)CCC2(C)C1(C)C. The monoisotopic (exact) mass is 416 g/mol. The average Bonchev–Trinajstić information content (AvgIpc) is 3.17. The molecule has 2 atom stereocenters. The van der Waals surface area contributed by atoms with E-state index in [0.717, 1.165) is 36.1 Å². The molecule has 2 N–H and O–H groups in total. The van der Waals surface area contributed by atoms with Crippen molar-refractivity contribution in [1.82, 2.24) is 14.9 Å². The third-order valence-electron chi connectivity index (χ3n) is 7.85. The second kappa shape index (κ2) is 6.67. The molecule has 0 spiro atoms. The van der Waals surface area contributed by atoms with Crippen molar-refractivity contribution in [2.75, 3.05) is 11.9 Å². The molecule has 0 radical (unpaired) electrons. The minimum Gasteiger partial charge on any atom is -0.345 e. The quantitative estimate of drug-likeness (QED) is 0.655. The summed E-state index contributed by atoms with van der Waals surface area (Å²) in [4.78, 5) is 34.6. The van der Waals surface area contributed by atoms with Crippen molar-refractivity contribution in [2.24, 2.45) is 5.41 Å². The van der Waals surface area contributed by atoms with Crippen molar-refractivity contribution in [3.63, 3.8) is 0 Å². The number of rotatable bonds is 2. The number of hydrogen-bond acceptors (Lipinski definition) is 3. The Kier molecular flexibility index (Phi) is 4.26. The first-order valence-electron chi connectivity index (χ1n) is 10.9. The molecular formula is C25H28N4O2. The summed E-state index contributed by atoms with van der Waals surface area (Å²) in [6, 6.07) is 12.0. The van der Waals surface area contributed by atoms with Crippen molar-refractivity contribution in [3.05, 3.63) is 59.4 Å². The Morgan fingerprint density at radius 2 is 1.97 bits per heavy atom. The standard InChI is InChI=1S/C25H28N4O2/c1-15(30)28-18-6-7-19-17(11-18)13-22-24(2,3)25(19,4)9-10-29(22)23(31)16-5-8-20-21(12-16)27-14-26-20/h5-8,11-12,14,22H,9-10,13H2,1-4H3,(H,26,27)(H,28,30). The number of imidazole rings is 1. The molecule has 6 heteroatoms. The van der Waals surface area contributed by atoms with Crippen LogP contribution in [0.25, 0.3) is 11.0 Å². The van der Waals surface area contributed by atoms with Crippen LogP contribution in [0, 0.1) is 5.41 Å². The molecule has 2 amide bonds. The first-order chi connectivity index (χ1) is 14.7. The van der Waals surface area contributed by atoms with Crippen LogP contribution in [-0.2, 0) is 16.6 Å². The lowest BCUT2D eigenvalue weighted by atomic mass is 9.51. The Labute approximate surface area is 182 Å². The molecule has 2 aromatic carbocycles. The number of aromatic amines is 1. The molecule has 5 rings (SSSR count). The second-order valence-electron chi connectivity index (χ2n) is 9.71. The summed E-state index contributed by atoms with van der Waals surface area (Å²) >= 11 is 0. The van der Waals surface area contributed by atoms with E-state index >= 15 is 0 Å². The average molecular weight is 417 g/mol. The van der Waals surface area contributed by atoms with Crippen LogP contribution in [0.2, 0.25) is 0 Å². The second-order valence-corrected chi connectivity index (χ2v) is 9.71. The normalized spacial score (nSPS) is 24.0. The summed E-state index contributed by atoms with van der Waals surface area (Å²) in [5, 5.41) is 2.90. The van der Waals surface area contributed by atoms with Gasteiger partial charge in [0.2, 0.25) is 5.91 Å². The number of benzene rings is 2. The third kappa shape index (κ3) is 2.88. The lowest BCUT2D eigenvalue weighted by Gasteiger charge is -2.60. The van der Waals surface area contributed by atoms with E-state index in [-0.39, 0.29) is 28.7 Å². The number of anilines is 1. The van der Waals surface area contributed by atoms with Crippen LogP contribution in [0.15, 0.2) is 42.7 Å². The van der Waals surface area contributed by atoms with Gasteiger partial charge >= 0.3 is 0 Å². The van der Waals surface area contributed by atoms with Crippen molar-refractivity contribution in [2.45, 2.75) is 52.0 Å². The van der Waals surface area contributed by atoms with Gasteiger partial charge in [0, 0.05) is 36.2 Å². The highest BCUT2D eigenvalue weighted by Gasteiger charge is 2.56. The van der Waals surface area contributed by atoms with E-state index in [2.05, 4.69) is 53.1 Å². The summed E-state index contributed by atoms with van der Waals surface area (Å²) in [5.41, 5.74) is 5.68. The Morgan fingerprint density at radius 1 is 1.16 bits per heavy atom. The van der Waals surface area contributed by atoms with Crippen molar-refractivity contribution in [3.8, 4) is 0 Å². The highest BCUT2D eigenvalue weighted by atomic mass is 16.2. The zero-order chi connectivity index (χ0) is 22.0. The van der Waals surface area contributed by atoms with Crippen LogP contribution in [0.4, 0.5) is 5.69 Å². The maximum atomic E-state index is 13.6. The van der Waals surface area contributed by atoms with E-state index in [1.54, 1.807) is 6.33 Å². The van der Waals surface area contributed by atoms with Crippen LogP contribution in [0.1, 0.15) is 55.6 Å². The fourth-order valence-corrected chi connectivity index (χ4v) is 5.69. The number of H-pyrrole nitrogens is 1. The minimum atomic E-state index is -0.0818. The van der Waals surface area contributed by atoms with Gasteiger partial charge in [0.15, 0.2) is 0 Å². The van der Waals surface area contributed by atoms with Gasteiger partial charge < -0.3 is 15.2 Å². The number of hydrogen-bond donors (Lipinski definition) is 2. The van der Waals surface area contributed by atoms with Crippen molar-refractivity contribution in [1.29, 1.82) is 0 Å². The molecule has 1 aliphatic heterocycles. The number of amides is 2. The summed E-state index contributed by atoms with van der Waals surface area (Å²) < 4.78 is 0. The molecule has 2 unspecified atom stereocenters. The highest BCUT2D eigenvalue weighted by molar-refractivity contribution is 5.97. The maximum absolute atomic E-state index is 13.6. The number of nitrogens with one attached hydrogen (secondary N) is 2. The molecule has 2 aliphatic rings. The van der Waals surface area contributed by atoms with Crippen molar-refractivity contribution >= 4 is 28.5 Å². The Balaban J connectivity index is 1.54. The molecule has 160 valence electrons. The van der Waals surface area contributed by atoms with Gasteiger partial charge in [0.25, 0.3) is 5.91 Å². The number of piperidine rings is 1. The first-order valence-corrected chi connectivity index (χ1v) is 10.9. The topological polar surface area (TPSA) is 78.1 Å². The Hall–Kier alpha value is -3.15. The van der Waals surface area contributed by atoms with Gasteiger partial charge in [-0.05, 0) is 59.7 Å². The number of aromatic nitrogens is 2. The molecule has 3 aromatic rings. The van der Waals surface area contributed by atoms with Crippen molar-refractivity contribution < 1.29 is 9.59 Å². The van der Waals surface area contributed by atoms with Gasteiger partial charge in [0.1, 0.15) is 0 Å². The lowest BCUT2D eigenvalue weighted by Crippen LogP contribution is -2.64. The van der Waals surface area contributed by atoms with Gasteiger partial charge in [-0.3, -0.25) is 9.59 Å². The number of likely N-dealkylation sites (tertiary alicyclic amines) is 1. The Morgan fingerprint density at radius 3 is 2.74 bits per heavy atom. The van der Waals surface area contributed by atoms with Crippen LogP contribution in [0.5, 0.6) is 0 Å². The van der Waals surface area contributed by atoms with E-state index < -0.39 is 0 Å². The van der Waals surface area contributed by atoms with Crippen LogP contribution in [-0.4, -0.2) is 39.3 Å². The fourth-order valence-electron chi connectivity index (χ4n) is 5.69. The number of fused-ring (bicyclic) bond motifs is 5. The van der Waals surface area contributed by atoms with Gasteiger partial charge in [-0.2, -0.15) is 0 Å².